The summed E-state index contributed by atoms with van der Waals surface area (Å²) in [5, 5.41) is 21.5. The number of hydrogen-bond donors (Lipinski definition) is 1. The summed E-state index contributed by atoms with van der Waals surface area (Å²) >= 11 is 2.89. The second-order valence-corrected chi connectivity index (χ2v) is 5.26. The zero-order chi connectivity index (χ0) is 11.4. The highest BCUT2D eigenvalue weighted by Crippen LogP contribution is 2.34. The second kappa shape index (κ2) is 5.37. The Balaban J connectivity index is 2.15. The molecular weight excluding hydrogens is 246 g/mol. The van der Waals surface area contributed by atoms with Crippen LogP contribution in [0.4, 0.5) is 0 Å². The van der Waals surface area contributed by atoms with Crippen LogP contribution < -0.4 is 0 Å². The number of aliphatic hydroxyl groups is 1. The third-order valence-electron chi connectivity index (χ3n) is 2.01. The van der Waals surface area contributed by atoms with Crippen LogP contribution >= 0.6 is 23.1 Å². The van der Waals surface area contributed by atoms with E-state index in [1.807, 2.05) is 6.92 Å². The fraction of sp³-hybridized carbons (Fsp3) is 0.500. The van der Waals surface area contributed by atoms with Crippen molar-refractivity contribution in [2.45, 2.75) is 29.2 Å². The fourth-order valence-corrected chi connectivity index (χ4v) is 2.97. The van der Waals surface area contributed by atoms with Crippen molar-refractivity contribution in [2.75, 3.05) is 0 Å². The molecule has 6 nitrogen and oxygen atoms in total. The van der Waals surface area contributed by atoms with Crippen molar-refractivity contribution < 1.29 is 5.11 Å². The van der Waals surface area contributed by atoms with Crippen LogP contribution in [0.2, 0.25) is 0 Å². The molecule has 0 saturated heterocycles. The van der Waals surface area contributed by atoms with E-state index in [-0.39, 0.29) is 5.37 Å². The summed E-state index contributed by atoms with van der Waals surface area (Å²) in [7, 11) is 0. The Kier molecular flexibility index (Phi) is 3.86. The molecule has 8 heteroatoms. The van der Waals surface area contributed by atoms with E-state index in [9.17, 15) is 5.11 Å². The largest absolute Gasteiger partial charge is 0.390 e. The lowest BCUT2D eigenvalue weighted by Crippen LogP contribution is -2.21. The van der Waals surface area contributed by atoms with Crippen LogP contribution in [-0.2, 0) is 0 Å². The predicted molar refractivity (Wildman–Crippen MR) is 61.1 cm³/mol. The Morgan fingerprint density at radius 2 is 2.50 bits per heavy atom. The molecule has 2 aromatic rings. The highest BCUT2D eigenvalue weighted by molar-refractivity contribution is 8.01. The average Bonchev–Trinajstić information content (AvgIpc) is 2.97. The van der Waals surface area contributed by atoms with Crippen LogP contribution in [0.5, 0.6) is 0 Å². The van der Waals surface area contributed by atoms with Crippen LogP contribution in [0.3, 0.4) is 0 Å². The Morgan fingerprint density at radius 1 is 1.62 bits per heavy atom. The van der Waals surface area contributed by atoms with Gasteiger partial charge in [0.05, 0.1) is 6.10 Å². The van der Waals surface area contributed by atoms with Gasteiger partial charge >= 0.3 is 0 Å². The molecule has 16 heavy (non-hydrogen) atoms. The summed E-state index contributed by atoms with van der Waals surface area (Å²) in [6.07, 6.45) is 3.21. The molecule has 2 aromatic heterocycles. The first-order chi connectivity index (χ1) is 7.81. The molecule has 2 heterocycles. The van der Waals surface area contributed by atoms with Crippen LogP contribution in [0.15, 0.2) is 22.5 Å². The number of nitrogens with zero attached hydrogens (tertiary/aromatic N) is 5. The van der Waals surface area contributed by atoms with E-state index in [2.05, 4.69) is 20.3 Å². The third kappa shape index (κ3) is 2.57. The van der Waals surface area contributed by atoms with Crippen molar-refractivity contribution in [2.24, 2.45) is 0 Å². The van der Waals surface area contributed by atoms with Crippen LogP contribution in [0.25, 0.3) is 0 Å². The molecule has 0 bridgehead atoms. The van der Waals surface area contributed by atoms with Gasteiger partial charge in [-0.2, -0.15) is 5.10 Å². The standard InChI is InChI=1S/C8H11N5OS2/c1-2-6(14)7(13-4-9-3-11-13)16-8-12-10-5-15-8/h3-7,14H,2H2,1H3. The first-order valence-corrected chi connectivity index (χ1v) is 6.52. The number of thioether (sulfide) groups is 1. The molecule has 0 aromatic carbocycles. The zero-order valence-electron chi connectivity index (χ0n) is 8.59. The third-order valence-corrected chi connectivity index (χ3v) is 4.12. The van der Waals surface area contributed by atoms with E-state index in [1.165, 1.54) is 29.4 Å². The summed E-state index contributed by atoms with van der Waals surface area (Å²) in [4.78, 5) is 3.88. The van der Waals surface area contributed by atoms with Gasteiger partial charge in [-0.25, -0.2) is 9.67 Å². The van der Waals surface area contributed by atoms with Gasteiger partial charge in [0.25, 0.3) is 0 Å². The minimum absolute atomic E-state index is 0.208. The molecule has 2 unspecified atom stereocenters. The second-order valence-electron chi connectivity index (χ2n) is 3.06. The molecule has 2 atom stereocenters. The Labute approximate surface area is 101 Å². The maximum Gasteiger partial charge on any atom is 0.176 e. The average molecular weight is 257 g/mol. The monoisotopic (exact) mass is 257 g/mol. The SMILES string of the molecule is CCC(O)C(Sc1nncs1)n1cncn1. The lowest BCUT2D eigenvalue weighted by atomic mass is 10.3. The van der Waals surface area contributed by atoms with Gasteiger partial charge in [0.2, 0.25) is 0 Å². The summed E-state index contributed by atoms with van der Waals surface area (Å²) in [6.45, 7) is 1.93. The van der Waals surface area contributed by atoms with Crippen molar-refractivity contribution >= 4 is 23.1 Å². The van der Waals surface area contributed by atoms with E-state index in [0.717, 1.165) is 4.34 Å². The molecule has 0 saturated carbocycles. The molecule has 0 amide bonds. The number of aromatic nitrogens is 5. The van der Waals surface area contributed by atoms with Crippen molar-refractivity contribution in [3.63, 3.8) is 0 Å². The maximum atomic E-state index is 9.94. The highest BCUT2D eigenvalue weighted by Gasteiger charge is 2.22. The molecule has 1 N–H and O–H groups in total. The van der Waals surface area contributed by atoms with Gasteiger partial charge in [0.1, 0.15) is 23.5 Å². The molecule has 0 aliphatic heterocycles. The first-order valence-electron chi connectivity index (χ1n) is 4.76. The summed E-state index contributed by atoms with van der Waals surface area (Å²) in [5.41, 5.74) is 1.67. The number of rotatable bonds is 5. The molecule has 0 fully saturated rings. The van der Waals surface area contributed by atoms with Crippen molar-refractivity contribution in [1.82, 2.24) is 25.0 Å². The maximum absolute atomic E-state index is 9.94. The zero-order valence-corrected chi connectivity index (χ0v) is 10.2. The van der Waals surface area contributed by atoms with Crippen molar-refractivity contribution in [3.8, 4) is 0 Å². The molecule has 0 aliphatic carbocycles. The normalized spacial score (nSPS) is 14.9. The van der Waals surface area contributed by atoms with Crippen LogP contribution in [-0.4, -0.2) is 36.2 Å². The van der Waals surface area contributed by atoms with Gasteiger partial charge in [0, 0.05) is 0 Å². The minimum atomic E-state index is -0.490. The van der Waals surface area contributed by atoms with Gasteiger partial charge in [-0.3, -0.25) is 0 Å². The van der Waals surface area contributed by atoms with Gasteiger partial charge in [-0.15, -0.1) is 10.2 Å². The Morgan fingerprint density at radius 3 is 3.06 bits per heavy atom. The topological polar surface area (TPSA) is 76.7 Å². The van der Waals surface area contributed by atoms with Gasteiger partial charge < -0.3 is 5.11 Å². The first kappa shape index (κ1) is 11.5. The molecule has 0 aliphatic rings. The number of hydrogen-bond acceptors (Lipinski definition) is 7. The summed E-state index contributed by atoms with van der Waals surface area (Å²) in [5.74, 6) is 0. The lowest BCUT2D eigenvalue weighted by molar-refractivity contribution is 0.140. The summed E-state index contributed by atoms with van der Waals surface area (Å²) in [6, 6.07) is 0. The van der Waals surface area contributed by atoms with Crippen molar-refractivity contribution in [3.05, 3.63) is 18.2 Å². The van der Waals surface area contributed by atoms with Crippen molar-refractivity contribution in [1.29, 1.82) is 0 Å². The smallest absolute Gasteiger partial charge is 0.176 e. The molecule has 0 spiro atoms. The van der Waals surface area contributed by atoms with Gasteiger partial charge in [-0.1, -0.05) is 30.0 Å². The molecule has 0 radical (unpaired) electrons. The highest BCUT2D eigenvalue weighted by atomic mass is 32.2. The Bertz CT molecular complexity index is 404. The quantitative estimate of drug-likeness (QED) is 0.811. The lowest BCUT2D eigenvalue weighted by Gasteiger charge is -2.19. The van der Waals surface area contributed by atoms with E-state index in [1.54, 1.807) is 16.5 Å². The predicted octanol–water partition coefficient (Wildman–Crippen LogP) is 1.19. The number of aliphatic hydroxyl groups excluding tert-OH is 1. The van der Waals surface area contributed by atoms with Crippen LogP contribution in [0.1, 0.15) is 18.7 Å². The van der Waals surface area contributed by atoms with E-state index in [0.29, 0.717) is 6.42 Å². The minimum Gasteiger partial charge on any atom is -0.390 e. The molecule has 2 rings (SSSR count). The molecule has 86 valence electrons. The van der Waals surface area contributed by atoms with E-state index in [4.69, 9.17) is 0 Å². The molecular formula is C8H11N5OS2. The van der Waals surface area contributed by atoms with Gasteiger partial charge in [0.15, 0.2) is 4.34 Å². The van der Waals surface area contributed by atoms with Crippen LogP contribution in [0, 0.1) is 0 Å². The van der Waals surface area contributed by atoms with E-state index < -0.39 is 6.10 Å². The Hall–Kier alpha value is -0.990. The fourth-order valence-electron chi connectivity index (χ4n) is 1.18. The summed E-state index contributed by atoms with van der Waals surface area (Å²) < 4.78 is 2.45. The van der Waals surface area contributed by atoms with Gasteiger partial charge in [-0.05, 0) is 6.42 Å². The van der Waals surface area contributed by atoms with E-state index >= 15 is 0 Å².